The number of rotatable bonds is 6. The molecular formula is C14H17N3O2. The number of nitrogens with one attached hydrogen (secondary N) is 1. The molecule has 1 N–H and O–H groups in total. The van der Waals surface area contributed by atoms with Crippen LogP contribution in [0.3, 0.4) is 0 Å². The van der Waals surface area contributed by atoms with Crippen molar-refractivity contribution in [3.8, 4) is 11.1 Å². The van der Waals surface area contributed by atoms with Crippen molar-refractivity contribution >= 4 is 5.95 Å². The molecule has 0 atom stereocenters. The molecule has 0 amide bonds. The van der Waals surface area contributed by atoms with Gasteiger partial charge in [-0.05, 0) is 5.56 Å². The van der Waals surface area contributed by atoms with Gasteiger partial charge < -0.3 is 14.8 Å². The molecule has 5 heteroatoms. The van der Waals surface area contributed by atoms with E-state index in [4.69, 9.17) is 9.47 Å². The molecule has 19 heavy (non-hydrogen) atoms. The number of nitrogens with zero attached hydrogens (tertiary/aromatic N) is 2. The third kappa shape index (κ3) is 3.74. The van der Waals surface area contributed by atoms with Crippen LogP contribution in [0.4, 0.5) is 5.95 Å². The average Bonchev–Trinajstić information content (AvgIpc) is 2.50. The smallest absolute Gasteiger partial charge is 0.222 e. The van der Waals surface area contributed by atoms with Crippen LogP contribution < -0.4 is 5.32 Å². The van der Waals surface area contributed by atoms with Crippen molar-refractivity contribution in [1.29, 1.82) is 0 Å². The number of anilines is 1. The molecule has 0 aliphatic rings. The minimum atomic E-state index is -0.308. The van der Waals surface area contributed by atoms with Gasteiger partial charge in [-0.2, -0.15) is 0 Å². The first-order valence-corrected chi connectivity index (χ1v) is 6.00. The average molecular weight is 259 g/mol. The quantitative estimate of drug-likeness (QED) is 0.806. The van der Waals surface area contributed by atoms with Crippen LogP contribution in [0.15, 0.2) is 42.7 Å². The molecule has 0 unspecified atom stereocenters. The predicted octanol–water partition coefficient (Wildman–Crippen LogP) is 2.17. The van der Waals surface area contributed by atoms with E-state index >= 15 is 0 Å². The van der Waals surface area contributed by atoms with Gasteiger partial charge in [0, 0.05) is 32.2 Å². The zero-order chi connectivity index (χ0) is 13.5. The molecule has 0 fully saturated rings. The minimum absolute atomic E-state index is 0.308. The predicted molar refractivity (Wildman–Crippen MR) is 73.8 cm³/mol. The van der Waals surface area contributed by atoms with E-state index in [2.05, 4.69) is 15.3 Å². The van der Waals surface area contributed by atoms with Crippen LogP contribution in [-0.4, -0.2) is 37.0 Å². The van der Waals surface area contributed by atoms with Crippen molar-refractivity contribution in [3.63, 3.8) is 0 Å². The van der Waals surface area contributed by atoms with Crippen LogP contribution in [-0.2, 0) is 9.47 Å². The molecule has 1 heterocycles. The normalized spacial score (nSPS) is 10.7. The molecule has 0 saturated carbocycles. The SMILES string of the molecule is COC(CNc1ncc(-c2ccccc2)cn1)OC. The summed E-state index contributed by atoms with van der Waals surface area (Å²) >= 11 is 0. The fourth-order valence-corrected chi connectivity index (χ4v) is 1.64. The zero-order valence-corrected chi connectivity index (χ0v) is 11.0. The molecule has 2 rings (SSSR count). The Morgan fingerprint density at radius 2 is 1.63 bits per heavy atom. The van der Waals surface area contributed by atoms with E-state index in [-0.39, 0.29) is 6.29 Å². The maximum Gasteiger partial charge on any atom is 0.222 e. The van der Waals surface area contributed by atoms with Crippen molar-refractivity contribution < 1.29 is 9.47 Å². The first kappa shape index (κ1) is 13.5. The topological polar surface area (TPSA) is 56.3 Å². The molecule has 1 aromatic carbocycles. The lowest BCUT2D eigenvalue weighted by molar-refractivity contribution is -0.0914. The molecule has 100 valence electrons. The second kappa shape index (κ2) is 6.82. The molecule has 2 aromatic rings. The standard InChI is InChI=1S/C14H17N3O2/c1-18-13(19-2)10-17-14-15-8-12(9-16-14)11-6-4-3-5-7-11/h3-9,13H,10H2,1-2H3,(H,15,16,17). The summed E-state index contributed by atoms with van der Waals surface area (Å²) in [6, 6.07) is 10.0. The van der Waals surface area contributed by atoms with Crippen molar-refractivity contribution in [3.05, 3.63) is 42.7 Å². The number of methoxy groups -OCH3 is 2. The van der Waals surface area contributed by atoms with Crippen molar-refractivity contribution in [2.24, 2.45) is 0 Å². The van der Waals surface area contributed by atoms with E-state index in [0.717, 1.165) is 11.1 Å². The number of benzene rings is 1. The summed E-state index contributed by atoms with van der Waals surface area (Å²) in [5, 5.41) is 3.05. The molecule has 0 aliphatic carbocycles. The number of hydrogen-bond acceptors (Lipinski definition) is 5. The molecule has 0 saturated heterocycles. The number of aromatic nitrogens is 2. The lowest BCUT2D eigenvalue weighted by Gasteiger charge is -2.13. The van der Waals surface area contributed by atoms with E-state index in [0.29, 0.717) is 12.5 Å². The summed E-state index contributed by atoms with van der Waals surface area (Å²) in [7, 11) is 3.18. The summed E-state index contributed by atoms with van der Waals surface area (Å²) < 4.78 is 10.1. The first-order valence-electron chi connectivity index (χ1n) is 6.00. The van der Waals surface area contributed by atoms with Gasteiger partial charge in [0.2, 0.25) is 5.95 Å². The van der Waals surface area contributed by atoms with Gasteiger partial charge in [-0.25, -0.2) is 9.97 Å². The second-order valence-corrected chi connectivity index (χ2v) is 3.94. The largest absolute Gasteiger partial charge is 0.354 e. The summed E-state index contributed by atoms with van der Waals surface area (Å²) in [6.45, 7) is 0.498. The summed E-state index contributed by atoms with van der Waals surface area (Å²) in [6.07, 6.45) is 3.27. The number of ether oxygens (including phenoxy) is 2. The van der Waals surface area contributed by atoms with E-state index in [1.165, 1.54) is 0 Å². The van der Waals surface area contributed by atoms with Crippen LogP contribution in [0.1, 0.15) is 0 Å². The van der Waals surface area contributed by atoms with Gasteiger partial charge in [0.1, 0.15) is 0 Å². The van der Waals surface area contributed by atoms with Gasteiger partial charge in [-0.3, -0.25) is 0 Å². The van der Waals surface area contributed by atoms with Gasteiger partial charge in [0.25, 0.3) is 0 Å². The molecular weight excluding hydrogens is 242 g/mol. The summed E-state index contributed by atoms with van der Waals surface area (Å²) in [5.74, 6) is 0.554. The lowest BCUT2D eigenvalue weighted by Crippen LogP contribution is -2.24. The van der Waals surface area contributed by atoms with Crippen LogP contribution >= 0.6 is 0 Å². The highest BCUT2D eigenvalue weighted by Gasteiger charge is 2.05. The molecule has 0 aliphatic heterocycles. The molecule has 5 nitrogen and oxygen atoms in total. The minimum Gasteiger partial charge on any atom is -0.354 e. The molecule has 0 bridgehead atoms. The highest BCUT2D eigenvalue weighted by molar-refractivity contribution is 5.61. The Hall–Kier alpha value is -1.98. The second-order valence-electron chi connectivity index (χ2n) is 3.94. The lowest BCUT2D eigenvalue weighted by atomic mass is 10.1. The van der Waals surface area contributed by atoms with Gasteiger partial charge >= 0.3 is 0 Å². The van der Waals surface area contributed by atoms with E-state index in [1.807, 2.05) is 30.3 Å². The van der Waals surface area contributed by atoms with Crippen LogP contribution in [0, 0.1) is 0 Å². The highest BCUT2D eigenvalue weighted by Crippen LogP contribution is 2.17. The Labute approximate surface area is 112 Å². The Kier molecular flexibility index (Phi) is 4.83. The fraction of sp³-hybridized carbons (Fsp3) is 0.286. The third-order valence-corrected chi connectivity index (χ3v) is 2.71. The zero-order valence-electron chi connectivity index (χ0n) is 11.0. The van der Waals surface area contributed by atoms with Crippen molar-refractivity contribution in [2.45, 2.75) is 6.29 Å². The summed E-state index contributed by atoms with van der Waals surface area (Å²) in [4.78, 5) is 8.52. The summed E-state index contributed by atoms with van der Waals surface area (Å²) in [5.41, 5.74) is 2.09. The van der Waals surface area contributed by atoms with Crippen molar-refractivity contribution in [2.75, 3.05) is 26.1 Å². The van der Waals surface area contributed by atoms with Gasteiger partial charge in [-0.1, -0.05) is 30.3 Å². The van der Waals surface area contributed by atoms with Crippen LogP contribution in [0.2, 0.25) is 0 Å². The van der Waals surface area contributed by atoms with Gasteiger partial charge in [0.05, 0.1) is 6.54 Å². The van der Waals surface area contributed by atoms with E-state index in [1.54, 1.807) is 26.6 Å². The van der Waals surface area contributed by atoms with E-state index in [9.17, 15) is 0 Å². The van der Waals surface area contributed by atoms with Gasteiger partial charge in [-0.15, -0.1) is 0 Å². The Balaban J connectivity index is 1.99. The highest BCUT2D eigenvalue weighted by atomic mass is 16.7. The Morgan fingerprint density at radius 3 is 2.21 bits per heavy atom. The Morgan fingerprint density at radius 1 is 1.00 bits per heavy atom. The molecule has 0 radical (unpaired) electrons. The first-order chi connectivity index (χ1) is 9.33. The fourth-order valence-electron chi connectivity index (χ4n) is 1.64. The monoisotopic (exact) mass is 259 g/mol. The van der Waals surface area contributed by atoms with Crippen molar-refractivity contribution in [1.82, 2.24) is 9.97 Å². The van der Waals surface area contributed by atoms with E-state index < -0.39 is 0 Å². The third-order valence-electron chi connectivity index (χ3n) is 2.71. The maximum atomic E-state index is 5.07. The number of hydrogen-bond donors (Lipinski definition) is 1. The van der Waals surface area contributed by atoms with Crippen LogP contribution in [0.25, 0.3) is 11.1 Å². The Bertz CT molecular complexity index is 484. The van der Waals surface area contributed by atoms with Crippen LogP contribution in [0.5, 0.6) is 0 Å². The molecule has 1 aromatic heterocycles. The van der Waals surface area contributed by atoms with Gasteiger partial charge in [0.15, 0.2) is 6.29 Å². The maximum absolute atomic E-state index is 5.07. The molecule has 0 spiro atoms.